The lowest BCUT2D eigenvalue weighted by Crippen LogP contribution is -2.21. The molecule has 1 aliphatic carbocycles. The van der Waals surface area contributed by atoms with Gasteiger partial charge in [-0.1, -0.05) is 43.0 Å². The summed E-state index contributed by atoms with van der Waals surface area (Å²) < 4.78 is 0. The number of hydrogen-bond acceptors (Lipinski definition) is 3. The van der Waals surface area contributed by atoms with E-state index in [2.05, 4.69) is 5.32 Å². The SMILES string of the molecule is CCNC(=O)SC(C(=O)O)c1ccc(C2CCCCC2)c(Cl)c1. The van der Waals surface area contributed by atoms with Crippen LogP contribution in [0.3, 0.4) is 0 Å². The first kappa shape index (κ1) is 18.1. The fraction of sp³-hybridized carbons (Fsp3) is 0.529. The second-order valence-electron chi connectivity index (χ2n) is 5.77. The Bertz CT molecular complexity index is 573. The van der Waals surface area contributed by atoms with Gasteiger partial charge in [0.2, 0.25) is 0 Å². The average Bonchev–Trinajstić information content (AvgIpc) is 2.53. The summed E-state index contributed by atoms with van der Waals surface area (Å²) in [4.78, 5) is 23.2. The van der Waals surface area contributed by atoms with Crippen molar-refractivity contribution in [3.63, 3.8) is 0 Å². The second kappa shape index (κ2) is 8.60. The smallest absolute Gasteiger partial charge is 0.321 e. The van der Waals surface area contributed by atoms with Crippen LogP contribution in [0.2, 0.25) is 5.02 Å². The lowest BCUT2D eigenvalue weighted by Gasteiger charge is -2.23. The van der Waals surface area contributed by atoms with E-state index in [1.165, 1.54) is 19.3 Å². The number of rotatable bonds is 5. The van der Waals surface area contributed by atoms with Gasteiger partial charge in [0.15, 0.2) is 0 Å². The van der Waals surface area contributed by atoms with Crippen LogP contribution < -0.4 is 5.32 Å². The number of carboxylic acid groups (broad SMARTS) is 1. The van der Waals surface area contributed by atoms with Gasteiger partial charge in [-0.2, -0.15) is 0 Å². The maximum atomic E-state index is 11.7. The molecule has 1 atom stereocenters. The molecule has 126 valence electrons. The summed E-state index contributed by atoms with van der Waals surface area (Å²) in [7, 11) is 0. The van der Waals surface area contributed by atoms with E-state index >= 15 is 0 Å². The highest BCUT2D eigenvalue weighted by Crippen LogP contribution is 2.39. The molecule has 2 N–H and O–H groups in total. The first-order valence-corrected chi connectivity index (χ1v) is 9.25. The largest absolute Gasteiger partial charge is 0.480 e. The highest BCUT2D eigenvalue weighted by atomic mass is 35.5. The summed E-state index contributed by atoms with van der Waals surface area (Å²) in [5.74, 6) is -0.577. The van der Waals surface area contributed by atoms with Crippen molar-refractivity contribution in [1.29, 1.82) is 0 Å². The van der Waals surface area contributed by atoms with Crippen molar-refractivity contribution in [2.75, 3.05) is 6.54 Å². The number of carboxylic acids is 1. The molecular formula is C17H22ClNO3S. The van der Waals surface area contributed by atoms with Gasteiger partial charge in [-0.15, -0.1) is 0 Å². The van der Waals surface area contributed by atoms with E-state index < -0.39 is 11.2 Å². The molecule has 0 radical (unpaired) electrons. The molecule has 0 aliphatic heterocycles. The number of benzene rings is 1. The van der Waals surface area contributed by atoms with Gasteiger partial charge in [0.25, 0.3) is 5.24 Å². The van der Waals surface area contributed by atoms with Crippen molar-refractivity contribution >= 4 is 34.6 Å². The highest BCUT2D eigenvalue weighted by molar-refractivity contribution is 8.14. The third-order valence-electron chi connectivity index (χ3n) is 4.14. The zero-order valence-corrected chi connectivity index (χ0v) is 14.8. The van der Waals surface area contributed by atoms with E-state index in [9.17, 15) is 14.7 Å². The summed E-state index contributed by atoms with van der Waals surface area (Å²) in [6, 6.07) is 5.43. The minimum atomic E-state index is -1.04. The van der Waals surface area contributed by atoms with Crippen LogP contribution in [-0.4, -0.2) is 22.9 Å². The first-order chi connectivity index (χ1) is 11.0. The van der Waals surface area contributed by atoms with Gasteiger partial charge in [-0.25, -0.2) is 0 Å². The van der Waals surface area contributed by atoms with E-state index in [4.69, 9.17) is 11.6 Å². The molecule has 1 aromatic rings. The Morgan fingerprint density at radius 3 is 2.61 bits per heavy atom. The molecule has 0 saturated heterocycles. The van der Waals surface area contributed by atoms with Gasteiger partial charge in [-0.3, -0.25) is 9.59 Å². The van der Waals surface area contributed by atoms with Crippen molar-refractivity contribution < 1.29 is 14.7 Å². The lowest BCUT2D eigenvalue weighted by atomic mass is 9.84. The molecule has 1 unspecified atom stereocenters. The lowest BCUT2D eigenvalue weighted by molar-refractivity contribution is -0.136. The summed E-state index contributed by atoms with van der Waals surface area (Å²) in [5, 5.41) is 11.3. The van der Waals surface area contributed by atoms with E-state index in [1.54, 1.807) is 19.1 Å². The van der Waals surface area contributed by atoms with Crippen LogP contribution in [0.15, 0.2) is 18.2 Å². The Hall–Kier alpha value is -1.20. The van der Waals surface area contributed by atoms with E-state index in [0.717, 1.165) is 30.2 Å². The molecular weight excluding hydrogens is 334 g/mol. The van der Waals surface area contributed by atoms with Crippen molar-refractivity contribution in [3.8, 4) is 0 Å². The Kier molecular flexibility index (Phi) is 6.78. The molecule has 1 aromatic carbocycles. The van der Waals surface area contributed by atoms with Crippen LogP contribution in [0.25, 0.3) is 0 Å². The molecule has 2 rings (SSSR count). The van der Waals surface area contributed by atoms with E-state index in [1.807, 2.05) is 6.07 Å². The number of thioether (sulfide) groups is 1. The topological polar surface area (TPSA) is 66.4 Å². The van der Waals surface area contributed by atoms with Crippen molar-refractivity contribution in [1.82, 2.24) is 5.32 Å². The molecule has 1 aliphatic rings. The summed E-state index contributed by atoms with van der Waals surface area (Å²) in [5.41, 5.74) is 1.65. The number of carbonyl (C=O) groups excluding carboxylic acids is 1. The van der Waals surface area contributed by atoms with Gasteiger partial charge in [0.05, 0.1) is 0 Å². The molecule has 0 spiro atoms. The Labute approximate surface area is 146 Å². The summed E-state index contributed by atoms with van der Waals surface area (Å²) in [6.45, 7) is 2.27. The number of hydrogen-bond donors (Lipinski definition) is 2. The zero-order valence-electron chi connectivity index (χ0n) is 13.2. The number of aliphatic carboxylic acids is 1. The highest BCUT2D eigenvalue weighted by Gasteiger charge is 2.26. The van der Waals surface area contributed by atoms with Gasteiger partial charge in [0, 0.05) is 11.6 Å². The third-order valence-corrected chi connectivity index (χ3v) is 5.54. The molecule has 0 aromatic heterocycles. The molecule has 6 heteroatoms. The van der Waals surface area contributed by atoms with Crippen molar-refractivity contribution in [2.45, 2.75) is 50.2 Å². The zero-order chi connectivity index (χ0) is 16.8. The molecule has 0 bridgehead atoms. The fourth-order valence-electron chi connectivity index (χ4n) is 3.01. The number of halogens is 1. The van der Waals surface area contributed by atoms with Gasteiger partial charge < -0.3 is 10.4 Å². The predicted octanol–water partition coefficient (Wildman–Crippen LogP) is 4.98. The standard InChI is InChI=1S/C17H22ClNO3S/c1-2-19-17(22)23-15(16(20)21)12-8-9-13(14(18)10-12)11-6-4-3-5-7-11/h8-11,15H,2-7H2,1H3,(H,19,22)(H,20,21). The van der Waals surface area contributed by atoms with Gasteiger partial charge in [0.1, 0.15) is 5.25 Å². The number of nitrogens with one attached hydrogen (secondary N) is 1. The molecule has 1 amide bonds. The van der Waals surface area contributed by atoms with Crippen LogP contribution in [0.4, 0.5) is 4.79 Å². The predicted molar refractivity (Wildman–Crippen MR) is 94.3 cm³/mol. The monoisotopic (exact) mass is 355 g/mol. The molecule has 1 saturated carbocycles. The number of carbonyl (C=O) groups is 2. The van der Waals surface area contributed by atoms with Crippen LogP contribution in [0.1, 0.15) is 61.3 Å². The molecule has 4 nitrogen and oxygen atoms in total. The van der Waals surface area contributed by atoms with Crippen molar-refractivity contribution in [3.05, 3.63) is 34.3 Å². The Balaban J connectivity index is 2.18. The Morgan fingerprint density at radius 1 is 1.35 bits per heavy atom. The summed E-state index contributed by atoms with van der Waals surface area (Å²) >= 11 is 7.18. The van der Waals surface area contributed by atoms with Crippen LogP contribution in [0, 0.1) is 0 Å². The van der Waals surface area contributed by atoms with Crippen LogP contribution >= 0.6 is 23.4 Å². The quantitative estimate of drug-likeness (QED) is 0.782. The first-order valence-electron chi connectivity index (χ1n) is 7.99. The maximum Gasteiger partial charge on any atom is 0.321 e. The van der Waals surface area contributed by atoms with E-state index in [0.29, 0.717) is 23.0 Å². The normalized spacial score (nSPS) is 16.8. The fourth-order valence-corrected chi connectivity index (χ4v) is 4.17. The Morgan fingerprint density at radius 2 is 2.04 bits per heavy atom. The van der Waals surface area contributed by atoms with E-state index in [-0.39, 0.29) is 5.24 Å². The molecule has 23 heavy (non-hydrogen) atoms. The van der Waals surface area contributed by atoms with Gasteiger partial charge in [-0.05, 0) is 54.6 Å². The minimum absolute atomic E-state index is 0.340. The third kappa shape index (κ3) is 4.88. The minimum Gasteiger partial charge on any atom is -0.480 e. The second-order valence-corrected chi connectivity index (χ2v) is 7.25. The molecule has 1 fully saturated rings. The van der Waals surface area contributed by atoms with Crippen LogP contribution in [0.5, 0.6) is 0 Å². The van der Waals surface area contributed by atoms with Crippen LogP contribution in [-0.2, 0) is 4.79 Å². The van der Waals surface area contributed by atoms with Crippen molar-refractivity contribution in [2.24, 2.45) is 0 Å². The van der Waals surface area contributed by atoms with Gasteiger partial charge >= 0.3 is 5.97 Å². The molecule has 0 heterocycles. The average molecular weight is 356 g/mol. The maximum absolute atomic E-state index is 11.7. The summed E-state index contributed by atoms with van der Waals surface area (Å²) in [6.07, 6.45) is 5.97. The number of amides is 1.